The number of ether oxygens (including phenoxy) is 2. The average molecular weight is 284 g/mol. The van der Waals surface area contributed by atoms with Crippen LogP contribution in [0.2, 0.25) is 0 Å². The summed E-state index contributed by atoms with van der Waals surface area (Å²) in [6, 6.07) is 12.1. The Balaban J connectivity index is 1.52. The van der Waals surface area contributed by atoms with Crippen molar-refractivity contribution in [1.29, 1.82) is 0 Å². The van der Waals surface area contributed by atoms with Crippen molar-refractivity contribution in [3.05, 3.63) is 53.9 Å². The third-order valence-corrected chi connectivity index (χ3v) is 3.48. The van der Waals surface area contributed by atoms with Gasteiger partial charge in [-0.05, 0) is 30.7 Å². The monoisotopic (exact) mass is 284 g/mol. The molecule has 21 heavy (non-hydrogen) atoms. The Morgan fingerprint density at radius 1 is 1.33 bits per heavy atom. The molecule has 0 radical (unpaired) electrons. The summed E-state index contributed by atoms with van der Waals surface area (Å²) < 4.78 is 11.6. The van der Waals surface area contributed by atoms with E-state index < -0.39 is 0 Å². The summed E-state index contributed by atoms with van der Waals surface area (Å²) in [6.07, 6.45) is 3.50. The fourth-order valence-electron chi connectivity index (χ4n) is 2.48. The van der Waals surface area contributed by atoms with Crippen LogP contribution in [0.15, 0.2) is 42.6 Å². The summed E-state index contributed by atoms with van der Waals surface area (Å²) in [6.45, 7) is 2.50. The summed E-state index contributed by atoms with van der Waals surface area (Å²) >= 11 is 0. The molecule has 2 unspecified atom stereocenters. The van der Waals surface area contributed by atoms with E-state index in [9.17, 15) is 0 Å². The molecule has 2 atom stereocenters. The van der Waals surface area contributed by atoms with Crippen molar-refractivity contribution in [2.45, 2.75) is 31.9 Å². The lowest BCUT2D eigenvalue weighted by atomic mass is 10.1. The van der Waals surface area contributed by atoms with Gasteiger partial charge in [-0.15, -0.1) is 0 Å². The first kappa shape index (κ1) is 13.9. The van der Waals surface area contributed by atoms with Gasteiger partial charge in [0.25, 0.3) is 0 Å². The highest BCUT2D eigenvalue weighted by Crippen LogP contribution is 2.28. The molecule has 0 spiro atoms. The largest absolute Gasteiger partial charge is 0.488 e. The summed E-state index contributed by atoms with van der Waals surface area (Å²) in [5.41, 5.74) is 7.99. The van der Waals surface area contributed by atoms with Crippen LogP contribution in [0, 0.1) is 0 Å². The molecular formula is C17H20N2O2. The van der Waals surface area contributed by atoms with E-state index in [1.165, 1.54) is 5.56 Å². The molecule has 2 N–H and O–H groups in total. The van der Waals surface area contributed by atoms with E-state index in [1.807, 2.05) is 37.3 Å². The van der Waals surface area contributed by atoms with Crippen LogP contribution in [0.4, 0.5) is 0 Å². The first-order valence-corrected chi connectivity index (χ1v) is 7.28. The van der Waals surface area contributed by atoms with Crippen molar-refractivity contribution in [3.63, 3.8) is 0 Å². The van der Waals surface area contributed by atoms with E-state index in [-0.39, 0.29) is 12.1 Å². The molecule has 1 aliphatic heterocycles. The number of nitrogens with zero attached hydrogens (tertiary/aromatic N) is 1. The molecule has 3 rings (SSSR count). The standard InChI is InChI=1S/C17H20N2O2/c1-12(18)8-14-6-7-15(10-19-14)20-11-16-9-13-4-2-3-5-17(13)21-16/h2-7,10,12,16H,8-9,11,18H2,1H3. The molecule has 1 aliphatic rings. The van der Waals surface area contributed by atoms with Crippen LogP contribution in [0.25, 0.3) is 0 Å². The molecule has 0 saturated heterocycles. The third kappa shape index (κ3) is 3.52. The molecule has 110 valence electrons. The molecular weight excluding hydrogens is 264 g/mol. The lowest BCUT2D eigenvalue weighted by Gasteiger charge is -2.12. The van der Waals surface area contributed by atoms with Crippen molar-refractivity contribution in [2.75, 3.05) is 6.61 Å². The smallest absolute Gasteiger partial charge is 0.137 e. The number of fused-ring (bicyclic) bond motifs is 1. The predicted octanol–water partition coefficient (Wildman–Crippen LogP) is 2.35. The van der Waals surface area contributed by atoms with Gasteiger partial charge in [0.2, 0.25) is 0 Å². The quantitative estimate of drug-likeness (QED) is 0.915. The molecule has 1 aromatic carbocycles. The van der Waals surface area contributed by atoms with Crippen molar-refractivity contribution >= 4 is 0 Å². The Hall–Kier alpha value is -2.07. The van der Waals surface area contributed by atoms with E-state index in [0.717, 1.165) is 30.0 Å². The fourth-order valence-corrected chi connectivity index (χ4v) is 2.48. The first-order valence-electron chi connectivity index (χ1n) is 7.28. The Morgan fingerprint density at radius 3 is 2.90 bits per heavy atom. The van der Waals surface area contributed by atoms with Gasteiger partial charge in [0, 0.05) is 24.6 Å². The summed E-state index contributed by atoms with van der Waals surface area (Å²) in [5, 5.41) is 0. The minimum atomic E-state index is 0.0751. The van der Waals surface area contributed by atoms with E-state index in [1.54, 1.807) is 6.20 Å². The van der Waals surface area contributed by atoms with E-state index in [0.29, 0.717) is 6.61 Å². The molecule has 0 amide bonds. The zero-order valence-corrected chi connectivity index (χ0v) is 12.2. The maximum absolute atomic E-state index is 5.84. The topological polar surface area (TPSA) is 57.4 Å². The Labute approximate surface area is 124 Å². The lowest BCUT2D eigenvalue weighted by Crippen LogP contribution is -2.22. The minimum absolute atomic E-state index is 0.0751. The highest BCUT2D eigenvalue weighted by Gasteiger charge is 2.22. The number of nitrogens with two attached hydrogens (primary N) is 1. The van der Waals surface area contributed by atoms with Gasteiger partial charge < -0.3 is 15.2 Å². The highest BCUT2D eigenvalue weighted by molar-refractivity contribution is 5.37. The van der Waals surface area contributed by atoms with Crippen molar-refractivity contribution in [2.24, 2.45) is 5.73 Å². The Kier molecular flexibility index (Phi) is 4.06. The first-order chi connectivity index (χ1) is 10.2. The van der Waals surface area contributed by atoms with Gasteiger partial charge in [-0.25, -0.2) is 0 Å². The maximum Gasteiger partial charge on any atom is 0.137 e. The molecule has 0 saturated carbocycles. The molecule has 4 heteroatoms. The van der Waals surface area contributed by atoms with Crippen LogP contribution < -0.4 is 15.2 Å². The van der Waals surface area contributed by atoms with Crippen molar-refractivity contribution in [3.8, 4) is 11.5 Å². The van der Waals surface area contributed by atoms with E-state index >= 15 is 0 Å². The SMILES string of the molecule is CC(N)Cc1ccc(OCC2Cc3ccccc3O2)cn1. The van der Waals surface area contributed by atoms with E-state index in [4.69, 9.17) is 15.2 Å². The van der Waals surface area contributed by atoms with Crippen LogP contribution in [-0.4, -0.2) is 23.7 Å². The molecule has 4 nitrogen and oxygen atoms in total. The summed E-state index contributed by atoms with van der Waals surface area (Å²) in [5.74, 6) is 1.74. The summed E-state index contributed by atoms with van der Waals surface area (Å²) in [4.78, 5) is 4.36. The number of pyridine rings is 1. The van der Waals surface area contributed by atoms with Crippen molar-refractivity contribution < 1.29 is 9.47 Å². The van der Waals surface area contributed by atoms with Gasteiger partial charge >= 0.3 is 0 Å². The molecule has 0 aliphatic carbocycles. The highest BCUT2D eigenvalue weighted by atomic mass is 16.5. The molecule has 2 aromatic rings. The Morgan fingerprint density at radius 2 is 2.19 bits per heavy atom. The van der Waals surface area contributed by atoms with Gasteiger partial charge in [-0.3, -0.25) is 4.98 Å². The molecule has 2 heterocycles. The number of rotatable bonds is 5. The number of benzene rings is 1. The predicted molar refractivity (Wildman–Crippen MR) is 81.6 cm³/mol. The number of para-hydroxylation sites is 1. The molecule has 0 fully saturated rings. The van der Waals surface area contributed by atoms with Gasteiger partial charge in [-0.1, -0.05) is 18.2 Å². The van der Waals surface area contributed by atoms with Gasteiger partial charge in [0.1, 0.15) is 24.2 Å². The number of aromatic nitrogens is 1. The molecule has 0 bridgehead atoms. The van der Waals surface area contributed by atoms with Crippen LogP contribution in [0.3, 0.4) is 0 Å². The van der Waals surface area contributed by atoms with Gasteiger partial charge in [0.15, 0.2) is 0 Å². The number of hydrogen-bond donors (Lipinski definition) is 1. The second-order valence-corrected chi connectivity index (χ2v) is 5.53. The van der Waals surface area contributed by atoms with Crippen LogP contribution in [-0.2, 0) is 12.8 Å². The second kappa shape index (κ2) is 6.14. The normalized spacial score (nSPS) is 17.9. The average Bonchev–Trinajstić information content (AvgIpc) is 2.89. The van der Waals surface area contributed by atoms with Crippen LogP contribution in [0.5, 0.6) is 11.5 Å². The second-order valence-electron chi connectivity index (χ2n) is 5.53. The Bertz CT molecular complexity index is 571. The third-order valence-electron chi connectivity index (χ3n) is 3.48. The van der Waals surface area contributed by atoms with Gasteiger partial charge in [-0.2, -0.15) is 0 Å². The van der Waals surface area contributed by atoms with Crippen LogP contribution in [0.1, 0.15) is 18.2 Å². The zero-order chi connectivity index (χ0) is 14.7. The summed E-state index contributed by atoms with van der Waals surface area (Å²) in [7, 11) is 0. The maximum atomic E-state index is 5.84. The van der Waals surface area contributed by atoms with Crippen molar-refractivity contribution in [1.82, 2.24) is 4.98 Å². The molecule has 1 aromatic heterocycles. The zero-order valence-electron chi connectivity index (χ0n) is 12.2. The lowest BCUT2D eigenvalue weighted by molar-refractivity contribution is 0.148. The fraction of sp³-hybridized carbons (Fsp3) is 0.353. The number of hydrogen-bond acceptors (Lipinski definition) is 4. The minimum Gasteiger partial charge on any atom is -0.488 e. The van der Waals surface area contributed by atoms with E-state index in [2.05, 4.69) is 11.1 Å². The van der Waals surface area contributed by atoms with Crippen LogP contribution >= 0.6 is 0 Å². The van der Waals surface area contributed by atoms with Gasteiger partial charge in [0.05, 0.1) is 6.20 Å².